The summed E-state index contributed by atoms with van der Waals surface area (Å²) in [5.74, 6) is 0.489. The molecule has 1 aromatic rings. The molecule has 2 aliphatic rings. The van der Waals surface area contributed by atoms with E-state index in [-0.39, 0.29) is 5.82 Å². The van der Waals surface area contributed by atoms with Crippen LogP contribution in [0.1, 0.15) is 18.4 Å². The van der Waals surface area contributed by atoms with Gasteiger partial charge in [0.2, 0.25) is 5.91 Å². The van der Waals surface area contributed by atoms with Gasteiger partial charge in [-0.25, -0.2) is 4.39 Å². The number of amides is 1. The molecule has 19 heavy (non-hydrogen) atoms. The van der Waals surface area contributed by atoms with Crippen molar-refractivity contribution in [3.8, 4) is 0 Å². The summed E-state index contributed by atoms with van der Waals surface area (Å²) in [6, 6.07) is 6.91. The zero-order chi connectivity index (χ0) is 13.2. The molecule has 1 heterocycles. The van der Waals surface area contributed by atoms with Gasteiger partial charge in [0.05, 0.1) is 0 Å². The van der Waals surface area contributed by atoms with Crippen molar-refractivity contribution in [3.63, 3.8) is 0 Å². The predicted octanol–water partition coefficient (Wildman–Crippen LogP) is 1.88. The van der Waals surface area contributed by atoms with Crippen LogP contribution >= 0.6 is 0 Å². The summed E-state index contributed by atoms with van der Waals surface area (Å²) in [5.41, 5.74) is 0.740. The summed E-state index contributed by atoms with van der Waals surface area (Å²) in [7, 11) is 0. The van der Waals surface area contributed by atoms with Crippen LogP contribution in [0.3, 0.4) is 0 Å². The van der Waals surface area contributed by atoms with E-state index in [2.05, 4.69) is 4.90 Å². The monoisotopic (exact) mass is 262 g/mol. The standard InChI is InChI=1S/C15H19FN2O/c16-14-4-2-1-3-13(14)11-17-7-9-18(10-8-17)15(19)12-5-6-12/h1-4,12H,5-11H2. The largest absolute Gasteiger partial charge is 0.340 e. The van der Waals surface area contributed by atoms with Gasteiger partial charge in [0.25, 0.3) is 0 Å². The minimum Gasteiger partial charge on any atom is -0.340 e. The number of piperazine rings is 1. The smallest absolute Gasteiger partial charge is 0.225 e. The number of halogens is 1. The molecule has 1 aliphatic heterocycles. The maximum Gasteiger partial charge on any atom is 0.225 e. The average molecular weight is 262 g/mol. The van der Waals surface area contributed by atoms with Crippen LogP contribution in [0.15, 0.2) is 24.3 Å². The van der Waals surface area contributed by atoms with Crippen LogP contribution in [0.4, 0.5) is 4.39 Å². The molecule has 1 aromatic carbocycles. The molecule has 102 valence electrons. The third-order valence-electron chi connectivity index (χ3n) is 3.96. The van der Waals surface area contributed by atoms with Gasteiger partial charge in [-0.15, -0.1) is 0 Å². The van der Waals surface area contributed by atoms with Gasteiger partial charge in [-0.3, -0.25) is 9.69 Å². The molecule has 0 bridgehead atoms. The fraction of sp³-hybridized carbons (Fsp3) is 0.533. The first kappa shape index (κ1) is 12.6. The van der Waals surface area contributed by atoms with E-state index in [1.165, 1.54) is 6.07 Å². The maximum absolute atomic E-state index is 13.6. The molecule has 0 atom stereocenters. The summed E-state index contributed by atoms with van der Waals surface area (Å²) in [5, 5.41) is 0. The Hall–Kier alpha value is -1.42. The summed E-state index contributed by atoms with van der Waals surface area (Å²) in [6.45, 7) is 3.88. The van der Waals surface area contributed by atoms with E-state index in [1.54, 1.807) is 6.07 Å². The second-order valence-corrected chi connectivity index (χ2v) is 5.47. The maximum atomic E-state index is 13.6. The Morgan fingerprint density at radius 2 is 1.84 bits per heavy atom. The first-order chi connectivity index (χ1) is 9.24. The fourth-order valence-electron chi connectivity index (χ4n) is 2.58. The number of carbonyl (C=O) groups is 1. The lowest BCUT2D eigenvalue weighted by atomic mass is 10.2. The second kappa shape index (κ2) is 5.29. The van der Waals surface area contributed by atoms with Crippen molar-refractivity contribution < 1.29 is 9.18 Å². The Morgan fingerprint density at radius 3 is 2.47 bits per heavy atom. The number of nitrogens with zero attached hydrogens (tertiary/aromatic N) is 2. The lowest BCUT2D eigenvalue weighted by Gasteiger charge is -2.35. The highest BCUT2D eigenvalue weighted by atomic mass is 19.1. The second-order valence-electron chi connectivity index (χ2n) is 5.47. The van der Waals surface area contributed by atoms with Crippen molar-refractivity contribution in [1.82, 2.24) is 9.80 Å². The fourth-order valence-corrected chi connectivity index (χ4v) is 2.58. The van der Waals surface area contributed by atoms with Crippen molar-refractivity contribution in [2.75, 3.05) is 26.2 Å². The van der Waals surface area contributed by atoms with Gasteiger partial charge in [0, 0.05) is 44.2 Å². The number of hydrogen-bond donors (Lipinski definition) is 0. The molecular formula is C15H19FN2O. The third-order valence-corrected chi connectivity index (χ3v) is 3.96. The van der Waals surface area contributed by atoms with Crippen LogP contribution < -0.4 is 0 Å². The molecule has 1 aliphatic carbocycles. The van der Waals surface area contributed by atoms with Crippen LogP contribution in [0.25, 0.3) is 0 Å². The van der Waals surface area contributed by atoms with Crippen molar-refractivity contribution >= 4 is 5.91 Å². The van der Waals surface area contributed by atoms with Crippen LogP contribution in [0.2, 0.25) is 0 Å². The molecule has 3 nitrogen and oxygen atoms in total. The number of carbonyl (C=O) groups excluding carboxylic acids is 1. The zero-order valence-corrected chi connectivity index (χ0v) is 11.0. The summed E-state index contributed by atoms with van der Waals surface area (Å²) >= 11 is 0. The van der Waals surface area contributed by atoms with E-state index in [9.17, 15) is 9.18 Å². The van der Waals surface area contributed by atoms with Gasteiger partial charge in [-0.05, 0) is 18.9 Å². The van der Waals surface area contributed by atoms with Crippen molar-refractivity contribution in [3.05, 3.63) is 35.6 Å². The normalized spacial score (nSPS) is 20.6. The van der Waals surface area contributed by atoms with Gasteiger partial charge in [0.15, 0.2) is 0 Å². The quantitative estimate of drug-likeness (QED) is 0.830. The Morgan fingerprint density at radius 1 is 1.16 bits per heavy atom. The lowest BCUT2D eigenvalue weighted by Crippen LogP contribution is -2.48. The minimum atomic E-state index is -0.140. The Kier molecular flexibility index (Phi) is 3.51. The first-order valence-corrected chi connectivity index (χ1v) is 6.98. The van der Waals surface area contributed by atoms with Crippen LogP contribution in [0, 0.1) is 11.7 Å². The van der Waals surface area contributed by atoms with E-state index < -0.39 is 0 Å². The molecule has 0 aromatic heterocycles. The molecule has 1 amide bonds. The van der Waals surface area contributed by atoms with Gasteiger partial charge in [-0.1, -0.05) is 18.2 Å². The summed E-state index contributed by atoms with van der Waals surface area (Å²) in [6.07, 6.45) is 2.13. The topological polar surface area (TPSA) is 23.6 Å². The molecular weight excluding hydrogens is 243 g/mol. The highest BCUT2D eigenvalue weighted by molar-refractivity contribution is 5.81. The van der Waals surface area contributed by atoms with Crippen molar-refractivity contribution in [2.24, 2.45) is 5.92 Å². The van der Waals surface area contributed by atoms with E-state index in [1.807, 2.05) is 17.0 Å². The molecule has 2 fully saturated rings. The molecule has 1 saturated heterocycles. The Balaban J connectivity index is 1.53. The number of rotatable bonds is 3. The highest BCUT2D eigenvalue weighted by Gasteiger charge is 2.34. The van der Waals surface area contributed by atoms with Gasteiger partial charge in [-0.2, -0.15) is 0 Å². The Bertz CT molecular complexity index is 465. The summed E-state index contributed by atoms with van der Waals surface area (Å²) in [4.78, 5) is 16.1. The SMILES string of the molecule is O=C(C1CC1)N1CCN(Cc2ccccc2F)CC1. The Labute approximate surface area is 113 Å². The van der Waals surface area contributed by atoms with E-state index >= 15 is 0 Å². The minimum absolute atomic E-state index is 0.140. The molecule has 0 N–H and O–H groups in total. The molecule has 3 rings (SSSR count). The first-order valence-electron chi connectivity index (χ1n) is 6.98. The molecule has 1 saturated carbocycles. The number of hydrogen-bond acceptors (Lipinski definition) is 2. The average Bonchev–Trinajstić information content (AvgIpc) is 3.26. The van der Waals surface area contributed by atoms with Crippen molar-refractivity contribution in [1.29, 1.82) is 0 Å². The zero-order valence-electron chi connectivity index (χ0n) is 11.0. The van der Waals surface area contributed by atoms with Crippen LogP contribution in [0.5, 0.6) is 0 Å². The predicted molar refractivity (Wildman–Crippen MR) is 71.0 cm³/mol. The molecule has 4 heteroatoms. The van der Waals surface area contributed by atoms with Crippen LogP contribution in [-0.2, 0) is 11.3 Å². The van der Waals surface area contributed by atoms with E-state index in [0.29, 0.717) is 18.4 Å². The van der Waals surface area contributed by atoms with Crippen LogP contribution in [-0.4, -0.2) is 41.9 Å². The molecule has 0 unspecified atom stereocenters. The van der Waals surface area contributed by atoms with Gasteiger partial charge in [0.1, 0.15) is 5.82 Å². The van der Waals surface area contributed by atoms with E-state index in [0.717, 1.165) is 44.6 Å². The van der Waals surface area contributed by atoms with Crippen molar-refractivity contribution in [2.45, 2.75) is 19.4 Å². The van der Waals surface area contributed by atoms with E-state index in [4.69, 9.17) is 0 Å². The summed E-state index contributed by atoms with van der Waals surface area (Å²) < 4.78 is 13.6. The third kappa shape index (κ3) is 2.95. The van der Waals surface area contributed by atoms with Gasteiger partial charge < -0.3 is 4.90 Å². The molecule has 0 spiro atoms. The molecule has 0 radical (unpaired) electrons. The van der Waals surface area contributed by atoms with Gasteiger partial charge >= 0.3 is 0 Å². The lowest BCUT2D eigenvalue weighted by molar-refractivity contribution is -0.134. The number of benzene rings is 1. The highest BCUT2D eigenvalue weighted by Crippen LogP contribution is 2.31.